The average Bonchev–Trinajstić information content (AvgIpc) is 2.75. The molecule has 0 aromatic rings. The van der Waals surface area contributed by atoms with Crippen molar-refractivity contribution in [3.05, 3.63) is 0 Å². The summed E-state index contributed by atoms with van der Waals surface area (Å²) < 4.78 is 5.83. The van der Waals surface area contributed by atoms with Crippen LogP contribution in [0.4, 0.5) is 0 Å². The SMILES string of the molecule is CCCNC(C)CN1CCOC2CCCC21. The summed E-state index contributed by atoms with van der Waals surface area (Å²) in [6.45, 7) is 8.90. The third-order valence-corrected chi connectivity index (χ3v) is 3.85. The van der Waals surface area contributed by atoms with Crippen LogP contribution in [0.1, 0.15) is 39.5 Å². The molecule has 0 spiro atoms. The van der Waals surface area contributed by atoms with Gasteiger partial charge in [-0.25, -0.2) is 0 Å². The van der Waals surface area contributed by atoms with Crippen LogP contribution in [0.2, 0.25) is 0 Å². The Morgan fingerprint density at radius 1 is 1.44 bits per heavy atom. The van der Waals surface area contributed by atoms with Gasteiger partial charge in [0.15, 0.2) is 0 Å². The zero-order valence-electron chi connectivity index (χ0n) is 10.7. The fourth-order valence-electron chi connectivity index (χ4n) is 3.04. The Labute approximate surface area is 99.5 Å². The summed E-state index contributed by atoms with van der Waals surface area (Å²) in [4.78, 5) is 2.65. The van der Waals surface area contributed by atoms with Crippen molar-refractivity contribution in [2.24, 2.45) is 0 Å². The average molecular weight is 226 g/mol. The van der Waals surface area contributed by atoms with E-state index in [4.69, 9.17) is 4.74 Å². The fourth-order valence-corrected chi connectivity index (χ4v) is 3.04. The van der Waals surface area contributed by atoms with Crippen molar-refractivity contribution in [3.63, 3.8) is 0 Å². The summed E-state index contributed by atoms with van der Waals surface area (Å²) in [6.07, 6.45) is 5.72. The highest BCUT2D eigenvalue weighted by atomic mass is 16.5. The van der Waals surface area contributed by atoms with Crippen molar-refractivity contribution in [1.29, 1.82) is 0 Å². The van der Waals surface area contributed by atoms with Crippen molar-refractivity contribution < 1.29 is 4.74 Å². The minimum atomic E-state index is 0.534. The molecule has 0 radical (unpaired) electrons. The molecule has 1 saturated carbocycles. The second-order valence-electron chi connectivity index (χ2n) is 5.26. The first-order chi connectivity index (χ1) is 7.81. The van der Waals surface area contributed by atoms with Gasteiger partial charge in [0.25, 0.3) is 0 Å². The van der Waals surface area contributed by atoms with Crippen LogP contribution in [0.25, 0.3) is 0 Å². The Bertz CT molecular complexity index is 210. The van der Waals surface area contributed by atoms with Crippen molar-refractivity contribution in [2.45, 2.75) is 57.7 Å². The molecule has 0 bridgehead atoms. The largest absolute Gasteiger partial charge is 0.375 e. The zero-order valence-corrected chi connectivity index (χ0v) is 10.7. The van der Waals surface area contributed by atoms with Gasteiger partial charge in [-0.3, -0.25) is 4.90 Å². The molecule has 1 heterocycles. The summed E-state index contributed by atoms with van der Waals surface area (Å²) in [5, 5.41) is 3.58. The van der Waals surface area contributed by atoms with Crippen LogP contribution in [0, 0.1) is 0 Å². The number of fused-ring (bicyclic) bond motifs is 1. The second-order valence-corrected chi connectivity index (χ2v) is 5.26. The second kappa shape index (κ2) is 5.99. The van der Waals surface area contributed by atoms with E-state index in [0.717, 1.165) is 19.7 Å². The molecule has 1 aliphatic carbocycles. The highest BCUT2D eigenvalue weighted by Crippen LogP contribution is 2.29. The van der Waals surface area contributed by atoms with E-state index in [-0.39, 0.29) is 0 Å². The van der Waals surface area contributed by atoms with Gasteiger partial charge >= 0.3 is 0 Å². The quantitative estimate of drug-likeness (QED) is 0.771. The van der Waals surface area contributed by atoms with Gasteiger partial charge in [-0.15, -0.1) is 0 Å². The third-order valence-electron chi connectivity index (χ3n) is 3.85. The minimum absolute atomic E-state index is 0.534. The van der Waals surface area contributed by atoms with Crippen LogP contribution in [-0.2, 0) is 4.74 Å². The number of nitrogens with zero attached hydrogens (tertiary/aromatic N) is 1. The number of nitrogens with one attached hydrogen (secondary N) is 1. The molecule has 0 aromatic carbocycles. The van der Waals surface area contributed by atoms with Crippen LogP contribution in [0.15, 0.2) is 0 Å². The molecule has 1 aliphatic heterocycles. The lowest BCUT2D eigenvalue weighted by molar-refractivity contribution is -0.0575. The van der Waals surface area contributed by atoms with E-state index in [1.54, 1.807) is 0 Å². The number of morpholine rings is 1. The van der Waals surface area contributed by atoms with Crippen molar-refractivity contribution in [2.75, 3.05) is 26.2 Å². The number of rotatable bonds is 5. The summed E-state index contributed by atoms with van der Waals surface area (Å²) in [5.74, 6) is 0. The molecule has 3 nitrogen and oxygen atoms in total. The smallest absolute Gasteiger partial charge is 0.0730 e. The van der Waals surface area contributed by atoms with Crippen LogP contribution in [0.5, 0.6) is 0 Å². The van der Waals surface area contributed by atoms with Gasteiger partial charge in [0, 0.05) is 25.2 Å². The normalized spacial score (nSPS) is 32.6. The highest BCUT2D eigenvalue weighted by Gasteiger charge is 2.36. The lowest BCUT2D eigenvalue weighted by Crippen LogP contribution is -2.52. The van der Waals surface area contributed by atoms with Crippen molar-refractivity contribution in [1.82, 2.24) is 10.2 Å². The summed E-state index contributed by atoms with van der Waals surface area (Å²) in [7, 11) is 0. The van der Waals surface area contributed by atoms with Crippen LogP contribution >= 0.6 is 0 Å². The van der Waals surface area contributed by atoms with Gasteiger partial charge in [0.1, 0.15) is 0 Å². The molecule has 3 unspecified atom stereocenters. The number of hydrogen-bond donors (Lipinski definition) is 1. The molecule has 0 amide bonds. The molecule has 94 valence electrons. The van der Waals surface area contributed by atoms with E-state index in [0.29, 0.717) is 18.2 Å². The maximum Gasteiger partial charge on any atom is 0.0730 e. The molecule has 2 fully saturated rings. The predicted octanol–water partition coefficient (Wildman–Crippen LogP) is 1.63. The minimum Gasteiger partial charge on any atom is -0.375 e. The van der Waals surface area contributed by atoms with Crippen LogP contribution < -0.4 is 5.32 Å². The van der Waals surface area contributed by atoms with E-state index in [1.165, 1.54) is 32.2 Å². The molecule has 16 heavy (non-hydrogen) atoms. The lowest BCUT2D eigenvalue weighted by atomic mass is 10.1. The Hall–Kier alpha value is -0.120. The first-order valence-electron chi connectivity index (χ1n) is 6.90. The topological polar surface area (TPSA) is 24.5 Å². The zero-order chi connectivity index (χ0) is 11.4. The fraction of sp³-hybridized carbons (Fsp3) is 1.00. The lowest BCUT2D eigenvalue weighted by Gasteiger charge is -2.39. The Kier molecular flexibility index (Phi) is 4.62. The first-order valence-corrected chi connectivity index (χ1v) is 6.90. The predicted molar refractivity (Wildman–Crippen MR) is 66.7 cm³/mol. The summed E-state index contributed by atoms with van der Waals surface area (Å²) >= 11 is 0. The van der Waals surface area contributed by atoms with E-state index in [2.05, 4.69) is 24.1 Å². The standard InChI is InChI=1S/C13H26N2O/c1-3-7-14-11(2)10-15-8-9-16-13-6-4-5-12(13)15/h11-14H,3-10H2,1-2H3. The number of hydrogen-bond acceptors (Lipinski definition) is 3. The van der Waals surface area contributed by atoms with E-state index >= 15 is 0 Å². The molecule has 0 aromatic heterocycles. The van der Waals surface area contributed by atoms with Gasteiger partial charge < -0.3 is 10.1 Å². The molecular weight excluding hydrogens is 200 g/mol. The van der Waals surface area contributed by atoms with Gasteiger partial charge in [0.05, 0.1) is 12.7 Å². The molecule has 1 N–H and O–H groups in total. The number of ether oxygens (including phenoxy) is 1. The molecule has 2 aliphatic rings. The van der Waals surface area contributed by atoms with Gasteiger partial charge in [0.2, 0.25) is 0 Å². The molecule has 2 rings (SSSR count). The van der Waals surface area contributed by atoms with E-state index < -0.39 is 0 Å². The molecule has 1 saturated heterocycles. The molecule has 3 heteroatoms. The first kappa shape index (κ1) is 12.3. The highest BCUT2D eigenvalue weighted by molar-refractivity contribution is 4.90. The van der Waals surface area contributed by atoms with Gasteiger partial charge in [-0.2, -0.15) is 0 Å². The Morgan fingerprint density at radius 2 is 2.31 bits per heavy atom. The van der Waals surface area contributed by atoms with Gasteiger partial charge in [-0.1, -0.05) is 6.92 Å². The molecular formula is C13H26N2O. The maximum atomic E-state index is 5.83. The summed E-state index contributed by atoms with van der Waals surface area (Å²) in [5.41, 5.74) is 0. The van der Waals surface area contributed by atoms with Crippen molar-refractivity contribution in [3.8, 4) is 0 Å². The Morgan fingerprint density at radius 3 is 3.12 bits per heavy atom. The van der Waals surface area contributed by atoms with Crippen molar-refractivity contribution >= 4 is 0 Å². The van der Waals surface area contributed by atoms with Crippen LogP contribution in [0.3, 0.4) is 0 Å². The maximum absolute atomic E-state index is 5.83. The van der Waals surface area contributed by atoms with E-state index in [1.807, 2.05) is 0 Å². The van der Waals surface area contributed by atoms with Crippen LogP contribution in [-0.4, -0.2) is 49.3 Å². The monoisotopic (exact) mass is 226 g/mol. The Balaban J connectivity index is 1.79. The van der Waals surface area contributed by atoms with Gasteiger partial charge in [-0.05, 0) is 39.2 Å². The summed E-state index contributed by atoms with van der Waals surface area (Å²) in [6, 6.07) is 1.32. The third kappa shape index (κ3) is 2.96. The van der Waals surface area contributed by atoms with E-state index in [9.17, 15) is 0 Å². The molecule has 3 atom stereocenters.